The number of ether oxygens (including phenoxy) is 2. The molecule has 1 heterocycles. The number of amides is 2. The van der Waals surface area contributed by atoms with Crippen LogP contribution in [0, 0.1) is 5.92 Å². The van der Waals surface area contributed by atoms with E-state index < -0.39 is 12.0 Å². The third-order valence-electron chi connectivity index (χ3n) is 6.55. The Balaban J connectivity index is 1.43. The summed E-state index contributed by atoms with van der Waals surface area (Å²) >= 11 is 12.0. The highest BCUT2D eigenvalue weighted by Crippen LogP contribution is 2.24. The second kappa shape index (κ2) is 14.2. The van der Waals surface area contributed by atoms with Crippen LogP contribution in [0.15, 0.2) is 42.5 Å². The van der Waals surface area contributed by atoms with Crippen LogP contribution in [0.2, 0.25) is 10.0 Å². The molecule has 1 atom stereocenters. The van der Waals surface area contributed by atoms with Crippen LogP contribution in [0.4, 0.5) is 0 Å². The highest BCUT2D eigenvalue weighted by atomic mass is 35.5. The molecule has 1 saturated heterocycles. The molecule has 37 heavy (non-hydrogen) atoms. The predicted molar refractivity (Wildman–Crippen MR) is 144 cm³/mol. The van der Waals surface area contributed by atoms with E-state index in [0.29, 0.717) is 49.0 Å². The van der Waals surface area contributed by atoms with Crippen LogP contribution in [-0.2, 0) is 32.0 Å². The zero-order valence-electron chi connectivity index (χ0n) is 21.3. The predicted octanol–water partition coefficient (Wildman–Crippen LogP) is 4.85. The number of piperidine rings is 1. The SMILES string of the molecule is CCOc1ccc(CCC(=O)N2CCC(CC(=O)NC(Cc3ccc(Cl)c(Cl)c3)C(=O)OC)CC2)cc1. The molecule has 1 fully saturated rings. The number of carbonyl (C=O) groups excluding carboxylic acids is 3. The Bertz CT molecular complexity index is 1070. The molecule has 3 rings (SSSR count). The maximum atomic E-state index is 12.7. The molecule has 7 nitrogen and oxygen atoms in total. The second-order valence-corrected chi connectivity index (χ2v) is 10.0. The lowest BCUT2D eigenvalue weighted by Crippen LogP contribution is -2.44. The molecule has 200 valence electrons. The van der Waals surface area contributed by atoms with Gasteiger partial charge in [-0.05, 0) is 67.5 Å². The van der Waals surface area contributed by atoms with Crippen LogP contribution in [0.5, 0.6) is 5.75 Å². The second-order valence-electron chi connectivity index (χ2n) is 9.20. The molecule has 2 amide bonds. The van der Waals surface area contributed by atoms with Gasteiger partial charge in [-0.1, -0.05) is 41.4 Å². The number of methoxy groups -OCH3 is 1. The summed E-state index contributed by atoms with van der Waals surface area (Å²) in [5.41, 5.74) is 1.87. The van der Waals surface area contributed by atoms with Gasteiger partial charge >= 0.3 is 5.97 Å². The molecule has 0 aromatic heterocycles. The van der Waals surface area contributed by atoms with Crippen molar-refractivity contribution in [3.05, 3.63) is 63.6 Å². The van der Waals surface area contributed by atoms with E-state index in [1.165, 1.54) is 7.11 Å². The normalized spacial score (nSPS) is 14.6. The Kier molecular flexibility index (Phi) is 11.1. The summed E-state index contributed by atoms with van der Waals surface area (Å²) in [6.45, 7) is 3.83. The fourth-order valence-electron chi connectivity index (χ4n) is 4.47. The average Bonchev–Trinajstić information content (AvgIpc) is 2.90. The Morgan fingerprint density at radius 3 is 2.32 bits per heavy atom. The number of benzene rings is 2. The Labute approximate surface area is 228 Å². The highest BCUT2D eigenvalue weighted by molar-refractivity contribution is 6.42. The molecular formula is C28H34Cl2N2O5. The van der Waals surface area contributed by atoms with Crippen molar-refractivity contribution in [2.75, 3.05) is 26.8 Å². The van der Waals surface area contributed by atoms with Crippen LogP contribution >= 0.6 is 23.2 Å². The fraction of sp³-hybridized carbons (Fsp3) is 0.464. The van der Waals surface area contributed by atoms with E-state index in [9.17, 15) is 14.4 Å². The van der Waals surface area contributed by atoms with E-state index in [1.54, 1.807) is 18.2 Å². The van der Waals surface area contributed by atoms with Gasteiger partial charge in [0.1, 0.15) is 11.8 Å². The zero-order valence-corrected chi connectivity index (χ0v) is 22.8. The van der Waals surface area contributed by atoms with Gasteiger partial charge in [0.05, 0.1) is 23.8 Å². The molecule has 0 bridgehead atoms. The van der Waals surface area contributed by atoms with Gasteiger partial charge in [0, 0.05) is 32.4 Å². The maximum Gasteiger partial charge on any atom is 0.328 e. The van der Waals surface area contributed by atoms with Gasteiger partial charge in [-0.2, -0.15) is 0 Å². The van der Waals surface area contributed by atoms with Crippen molar-refractivity contribution < 1.29 is 23.9 Å². The minimum atomic E-state index is -0.820. The number of likely N-dealkylation sites (tertiary alicyclic amines) is 1. The van der Waals surface area contributed by atoms with E-state index in [0.717, 1.165) is 29.7 Å². The van der Waals surface area contributed by atoms with E-state index in [2.05, 4.69) is 5.32 Å². The Morgan fingerprint density at radius 1 is 1.03 bits per heavy atom. The molecule has 2 aromatic rings. The van der Waals surface area contributed by atoms with Crippen molar-refractivity contribution in [1.29, 1.82) is 0 Å². The number of hydrogen-bond donors (Lipinski definition) is 1. The first-order chi connectivity index (χ1) is 17.8. The van der Waals surface area contributed by atoms with Gasteiger partial charge < -0.3 is 19.7 Å². The number of hydrogen-bond acceptors (Lipinski definition) is 5. The van der Waals surface area contributed by atoms with Crippen molar-refractivity contribution in [2.45, 2.75) is 51.5 Å². The van der Waals surface area contributed by atoms with Gasteiger partial charge in [-0.15, -0.1) is 0 Å². The van der Waals surface area contributed by atoms with Crippen molar-refractivity contribution in [3.63, 3.8) is 0 Å². The van der Waals surface area contributed by atoms with Crippen molar-refractivity contribution in [1.82, 2.24) is 10.2 Å². The number of esters is 1. The summed E-state index contributed by atoms with van der Waals surface area (Å²) in [5, 5.41) is 3.61. The summed E-state index contributed by atoms with van der Waals surface area (Å²) in [4.78, 5) is 39.6. The molecule has 0 spiro atoms. The summed E-state index contributed by atoms with van der Waals surface area (Å²) in [5.74, 6) is 0.377. The molecule has 0 saturated carbocycles. The first-order valence-corrected chi connectivity index (χ1v) is 13.3. The Morgan fingerprint density at radius 2 is 1.70 bits per heavy atom. The smallest absolute Gasteiger partial charge is 0.328 e. The monoisotopic (exact) mass is 548 g/mol. The number of nitrogens with one attached hydrogen (secondary N) is 1. The van der Waals surface area contributed by atoms with E-state index >= 15 is 0 Å². The summed E-state index contributed by atoms with van der Waals surface area (Å²) in [7, 11) is 1.29. The standard InChI is InChI=1S/C28H34Cl2N2O5/c1-3-37-22-8-4-19(5-9-22)7-11-27(34)32-14-12-20(13-15-32)18-26(33)31-25(28(35)36-2)17-21-6-10-23(29)24(30)16-21/h4-6,8-10,16,20,25H,3,7,11-15,17-18H2,1-2H3,(H,31,33). The van der Waals surface area contributed by atoms with Gasteiger partial charge in [-0.25, -0.2) is 4.79 Å². The average molecular weight is 549 g/mol. The Hall–Kier alpha value is -2.77. The molecule has 1 aliphatic rings. The quantitative estimate of drug-likeness (QED) is 0.405. The van der Waals surface area contributed by atoms with Crippen LogP contribution in [0.25, 0.3) is 0 Å². The largest absolute Gasteiger partial charge is 0.494 e. The molecule has 2 aromatic carbocycles. The van der Waals surface area contributed by atoms with E-state index in [4.69, 9.17) is 32.7 Å². The topological polar surface area (TPSA) is 84.9 Å². The lowest BCUT2D eigenvalue weighted by molar-refractivity contribution is -0.145. The lowest BCUT2D eigenvalue weighted by Gasteiger charge is -2.32. The zero-order chi connectivity index (χ0) is 26.8. The fourth-order valence-corrected chi connectivity index (χ4v) is 4.79. The number of aryl methyl sites for hydroxylation is 1. The first-order valence-electron chi connectivity index (χ1n) is 12.6. The molecular weight excluding hydrogens is 515 g/mol. The molecule has 0 radical (unpaired) electrons. The van der Waals surface area contributed by atoms with Gasteiger partial charge in [0.2, 0.25) is 11.8 Å². The first kappa shape index (κ1) is 28.8. The number of rotatable bonds is 11. The lowest BCUT2D eigenvalue weighted by atomic mass is 9.92. The minimum Gasteiger partial charge on any atom is -0.494 e. The van der Waals surface area contributed by atoms with Gasteiger partial charge in [0.15, 0.2) is 0 Å². The molecule has 1 N–H and O–H groups in total. The van der Waals surface area contributed by atoms with Gasteiger partial charge in [-0.3, -0.25) is 9.59 Å². The summed E-state index contributed by atoms with van der Waals surface area (Å²) in [6.07, 6.45) is 3.17. The minimum absolute atomic E-state index is 0.129. The molecule has 1 unspecified atom stereocenters. The summed E-state index contributed by atoms with van der Waals surface area (Å²) < 4.78 is 10.3. The van der Waals surface area contributed by atoms with E-state index in [-0.39, 0.29) is 24.2 Å². The third kappa shape index (κ3) is 8.93. The maximum absolute atomic E-state index is 12.7. The highest BCUT2D eigenvalue weighted by Gasteiger charge is 2.27. The van der Waals surface area contributed by atoms with Crippen LogP contribution < -0.4 is 10.1 Å². The number of carbonyl (C=O) groups is 3. The van der Waals surface area contributed by atoms with Crippen molar-refractivity contribution >= 4 is 41.0 Å². The number of nitrogens with zero attached hydrogens (tertiary/aromatic N) is 1. The number of halogens is 2. The van der Waals surface area contributed by atoms with E-state index in [1.807, 2.05) is 36.1 Å². The van der Waals surface area contributed by atoms with Gasteiger partial charge in [0.25, 0.3) is 0 Å². The van der Waals surface area contributed by atoms with Crippen LogP contribution in [-0.4, -0.2) is 55.5 Å². The van der Waals surface area contributed by atoms with Crippen molar-refractivity contribution in [2.24, 2.45) is 5.92 Å². The van der Waals surface area contributed by atoms with Crippen LogP contribution in [0.3, 0.4) is 0 Å². The third-order valence-corrected chi connectivity index (χ3v) is 7.29. The summed E-state index contributed by atoms with van der Waals surface area (Å²) in [6, 6.07) is 12.1. The molecule has 0 aliphatic carbocycles. The molecule has 1 aliphatic heterocycles. The van der Waals surface area contributed by atoms with Crippen LogP contribution in [0.1, 0.15) is 43.7 Å². The van der Waals surface area contributed by atoms with Crippen molar-refractivity contribution in [3.8, 4) is 5.75 Å². The molecule has 9 heteroatoms.